The van der Waals surface area contributed by atoms with Gasteiger partial charge in [-0.1, -0.05) is 51.0 Å². The van der Waals surface area contributed by atoms with Gasteiger partial charge in [0.15, 0.2) is 5.78 Å². The Hall–Kier alpha value is -2.99. The quantitative estimate of drug-likeness (QED) is 0.260. The lowest BCUT2D eigenvalue weighted by molar-refractivity contribution is 0.0750. The third kappa shape index (κ3) is 8.26. The van der Waals surface area contributed by atoms with Crippen molar-refractivity contribution in [3.05, 3.63) is 64.7 Å². The van der Waals surface area contributed by atoms with Crippen LogP contribution in [0.4, 0.5) is 5.69 Å². The standard InChI is InChI=1S/C34H48N4O2/c1-4-6-21-38(22-7-5-2)34(40)30-16-17-32-31(24-30)23-29(11-10-20-37-18-8-9-19-37)33(36-32)35-25-27-12-14-28(15-13-27)26(3)39/h12-17,24,29H,4-11,18-23,25H2,1-3H3,(H,35,36). The van der Waals surface area contributed by atoms with E-state index in [0.717, 1.165) is 92.8 Å². The molecule has 0 radical (unpaired) electrons. The number of rotatable bonds is 14. The summed E-state index contributed by atoms with van der Waals surface area (Å²) in [7, 11) is 0. The second-order valence-corrected chi connectivity index (χ2v) is 11.5. The van der Waals surface area contributed by atoms with Crippen molar-refractivity contribution in [1.82, 2.24) is 9.80 Å². The number of aliphatic imine (C=N–C) groups is 1. The fourth-order valence-corrected chi connectivity index (χ4v) is 5.81. The Labute approximate surface area is 241 Å². The zero-order valence-corrected chi connectivity index (χ0v) is 24.9. The SMILES string of the molecule is CCCCN(CCCC)C(=O)c1ccc2c(c1)CC(CCCN1CCCC1)C(=NCc1ccc(C(C)=O)cc1)N2. The summed E-state index contributed by atoms with van der Waals surface area (Å²) in [6.45, 7) is 11.8. The lowest BCUT2D eigenvalue weighted by Crippen LogP contribution is -2.34. The summed E-state index contributed by atoms with van der Waals surface area (Å²) in [5, 5.41) is 3.65. The molecule has 1 N–H and O–H groups in total. The first-order valence-electron chi connectivity index (χ1n) is 15.5. The van der Waals surface area contributed by atoms with Crippen LogP contribution in [0, 0.1) is 5.92 Å². The number of Topliss-reactive ketones (excluding diaryl/α,β-unsaturated/α-hetero) is 1. The molecule has 2 aromatic rings. The van der Waals surface area contributed by atoms with Crippen molar-refractivity contribution >= 4 is 23.2 Å². The van der Waals surface area contributed by atoms with Gasteiger partial charge in [0, 0.05) is 35.8 Å². The molecule has 4 rings (SSSR count). The minimum Gasteiger partial charge on any atom is -0.344 e. The summed E-state index contributed by atoms with van der Waals surface area (Å²) >= 11 is 0. The number of carbonyl (C=O) groups is 2. The minimum atomic E-state index is 0.0817. The van der Waals surface area contributed by atoms with Crippen LogP contribution in [0.15, 0.2) is 47.5 Å². The predicted octanol–water partition coefficient (Wildman–Crippen LogP) is 6.99. The maximum atomic E-state index is 13.5. The van der Waals surface area contributed by atoms with E-state index in [1.165, 1.54) is 31.5 Å². The number of likely N-dealkylation sites (tertiary alicyclic amines) is 1. The van der Waals surface area contributed by atoms with E-state index in [1.54, 1.807) is 6.92 Å². The Morgan fingerprint density at radius 2 is 1.62 bits per heavy atom. The number of carbonyl (C=O) groups excluding carboxylic acids is 2. The number of ketones is 1. The molecule has 0 bridgehead atoms. The van der Waals surface area contributed by atoms with Crippen LogP contribution < -0.4 is 5.32 Å². The molecule has 1 unspecified atom stereocenters. The Morgan fingerprint density at radius 3 is 2.27 bits per heavy atom. The van der Waals surface area contributed by atoms with E-state index in [0.29, 0.717) is 12.5 Å². The summed E-state index contributed by atoms with van der Waals surface area (Å²) in [6, 6.07) is 13.9. The van der Waals surface area contributed by atoms with Gasteiger partial charge < -0.3 is 15.1 Å². The number of nitrogens with one attached hydrogen (secondary N) is 1. The molecular formula is C34H48N4O2. The van der Waals surface area contributed by atoms with Crippen LogP contribution in [0.3, 0.4) is 0 Å². The Bertz CT molecular complexity index is 1140. The van der Waals surface area contributed by atoms with E-state index in [2.05, 4.69) is 36.2 Å². The highest BCUT2D eigenvalue weighted by atomic mass is 16.2. The van der Waals surface area contributed by atoms with Crippen molar-refractivity contribution in [2.24, 2.45) is 10.9 Å². The number of nitrogens with zero attached hydrogens (tertiary/aromatic N) is 3. The van der Waals surface area contributed by atoms with E-state index >= 15 is 0 Å². The molecular weight excluding hydrogens is 496 g/mol. The van der Waals surface area contributed by atoms with Gasteiger partial charge in [0.25, 0.3) is 5.91 Å². The largest absolute Gasteiger partial charge is 0.344 e. The first-order valence-corrected chi connectivity index (χ1v) is 15.5. The van der Waals surface area contributed by atoms with E-state index in [9.17, 15) is 9.59 Å². The number of benzene rings is 2. The van der Waals surface area contributed by atoms with Crippen LogP contribution in [-0.4, -0.2) is 60.0 Å². The number of anilines is 1. The molecule has 1 atom stereocenters. The second kappa shape index (κ2) is 15.1. The third-order valence-corrected chi connectivity index (χ3v) is 8.34. The van der Waals surface area contributed by atoms with Gasteiger partial charge in [0.1, 0.15) is 5.84 Å². The van der Waals surface area contributed by atoms with Crippen LogP contribution in [0.25, 0.3) is 0 Å². The van der Waals surface area contributed by atoms with Gasteiger partial charge >= 0.3 is 0 Å². The molecule has 1 amide bonds. The molecule has 0 aliphatic carbocycles. The van der Waals surface area contributed by atoms with Crippen LogP contribution in [0.2, 0.25) is 0 Å². The highest BCUT2D eigenvalue weighted by Crippen LogP contribution is 2.30. The Morgan fingerprint density at radius 1 is 0.950 bits per heavy atom. The van der Waals surface area contributed by atoms with Crippen molar-refractivity contribution in [1.29, 1.82) is 0 Å². The van der Waals surface area contributed by atoms with Crippen molar-refractivity contribution in [2.45, 2.75) is 85.1 Å². The normalized spacial score (nSPS) is 18.0. The summed E-state index contributed by atoms with van der Waals surface area (Å²) in [6.07, 6.45) is 10.0. The maximum absolute atomic E-state index is 13.5. The van der Waals surface area contributed by atoms with E-state index in [1.807, 2.05) is 35.2 Å². The van der Waals surface area contributed by atoms with Gasteiger partial charge in [-0.2, -0.15) is 0 Å². The Balaban J connectivity index is 1.51. The third-order valence-electron chi connectivity index (χ3n) is 8.34. The molecule has 0 spiro atoms. The van der Waals surface area contributed by atoms with Crippen LogP contribution >= 0.6 is 0 Å². The number of fused-ring (bicyclic) bond motifs is 1. The smallest absolute Gasteiger partial charge is 0.253 e. The molecule has 216 valence electrons. The number of unbranched alkanes of at least 4 members (excludes halogenated alkanes) is 2. The number of amides is 1. The fourth-order valence-electron chi connectivity index (χ4n) is 5.81. The van der Waals surface area contributed by atoms with E-state index in [-0.39, 0.29) is 11.7 Å². The molecule has 1 saturated heterocycles. The van der Waals surface area contributed by atoms with Gasteiger partial charge in [-0.15, -0.1) is 0 Å². The lowest BCUT2D eigenvalue weighted by Gasteiger charge is -2.30. The van der Waals surface area contributed by atoms with Crippen LogP contribution in [0.5, 0.6) is 0 Å². The summed E-state index contributed by atoms with van der Waals surface area (Å²) in [5.41, 5.74) is 4.91. The first kappa shape index (κ1) is 30.0. The van der Waals surface area contributed by atoms with Gasteiger partial charge in [-0.25, -0.2) is 0 Å². The van der Waals surface area contributed by atoms with Crippen molar-refractivity contribution in [3.63, 3.8) is 0 Å². The number of hydrogen-bond acceptors (Lipinski definition) is 4. The first-order chi connectivity index (χ1) is 19.5. The summed E-state index contributed by atoms with van der Waals surface area (Å²) in [5.74, 6) is 1.58. The second-order valence-electron chi connectivity index (χ2n) is 11.5. The molecule has 1 fully saturated rings. The molecule has 2 aliphatic rings. The minimum absolute atomic E-state index is 0.0817. The molecule has 2 aromatic carbocycles. The average Bonchev–Trinajstić information content (AvgIpc) is 3.49. The molecule has 0 aromatic heterocycles. The average molecular weight is 545 g/mol. The monoisotopic (exact) mass is 544 g/mol. The summed E-state index contributed by atoms with van der Waals surface area (Å²) < 4.78 is 0. The Kier molecular flexibility index (Phi) is 11.3. The van der Waals surface area contributed by atoms with Crippen molar-refractivity contribution in [2.75, 3.05) is 38.0 Å². The highest BCUT2D eigenvalue weighted by Gasteiger charge is 2.26. The molecule has 40 heavy (non-hydrogen) atoms. The fraction of sp³-hybridized carbons (Fsp3) is 0.559. The van der Waals surface area contributed by atoms with E-state index < -0.39 is 0 Å². The molecule has 2 aliphatic heterocycles. The van der Waals surface area contributed by atoms with Gasteiger partial charge in [0.2, 0.25) is 0 Å². The number of amidine groups is 1. The van der Waals surface area contributed by atoms with Gasteiger partial charge in [0.05, 0.1) is 6.54 Å². The lowest BCUT2D eigenvalue weighted by atomic mass is 9.88. The van der Waals surface area contributed by atoms with E-state index in [4.69, 9.17) is 4.99 Å². The zero-order valence-electron chi connectivity index (χ0n) is 24.9. The van der Waals surface area contributed by atoms with Gasteiger partial charge in [-0.3, -0.25) is 14.6 Å². The highest BCUT2D eigenvalue weighted by molar-refractivity contribution is 6.01. The van der Waals surface area contributed by atoms with Crippen molar-refractivity contribution in [3.8, 4) is 0 Å². The zero-order chi connectivity index (χ0) is 28.3. The summed E-state index contributed by atoms with van der Waals surface area (Å²) in [4.78, 5) is 34.8. The molecule has 0 saturated carbocycles. The van der Waals surface area contributed by atoms with Crippen molar-refractivity contribution < 1.29 is 9.59 Å². The van der Waals surface area contributed by atoms with Gasteiger partial charge in [-0.05, 0) is 101 Å². The topological polar surface area (TPSA) is 65.0 Å². The molecule has 2 heterocycles. The predicted molar refractivity (Wildman–Crippen MR) is 165 cm³/mol. The molecule has 6 heteroatoms. The molecule has 6 nitrogen and oxygen atoms in total. The van der Waals surface area contributed by atoms with Crippen LogP contribution in [-0.2, 0) is 13.0 Å². The van der Waals surface area contributed by atoms with Crippen LogP contribution in [0.1, 0.15) is 104 Å². The maximum Gasteiger partial charge on any atom is 0.253 e. The number of hydrogen-bond donors (Lipinski definition) is 1.